The van der Waals surface area contributed by atoms with Crippen molar-refractivity contribution in [1.29, 1.82) is 0 Å². The molecule has 0 saturated heterocycles. The Morgan fingerprint density at radius 3 is 2.88 bits per heavy atom. The van der Waals surface area contributed by atoms with E-state index in [2.05, 4.69) is 23.1 Å². The summed E-state index contributed by atoms with van der Waals surface area (Å²) in [5, 5.41) is 0.0176. The Morgan fingerprint density at radius 2 is 2.12 bits per heavy atom. The van der Waals surface area contributed by atoms with Gasteiger partial charge in [-0.1, -0.05) is 6.07 Å². The molecule has 0 aliphatic carbocycles. The molecule has 1 amide bonds. The normalized spacial score (nSPS) is 12.0. The van der Waals surface area contributed by atoms with Gasteiger partial charge < -0.3 is 15.2 Å². The molecule has 0 spiro atoms. The number of fused-ring (bicyclic) bond motifs is 1. The number of thiocarbonyl (C=S) groups is 1. The van der Waals surface area contributed by atoms with Gasteiger partial charge in [0.15, 0.2) is 16.6 Å². The van der Waals surface area contributed by atoms with Crippen LogP contribution in [0.1, 0.15) is 5.56 Å². The van der Waals surface area contributed by atoms with Crippen LogP contribution in [0.15, 0.2) is 18.2 Å². The molecule has 0 radical (unpaired) electrons. The van der Waals surface area contributed by atoms with Crippen LogP contribution in [0.3, 0.4) is 0 Å². The van der Waals surface area contributed by atoms with Crippen LogP contribution in [0, 0.1) is 0 Å². The number of rotatable bonds is 2. The van der Waals surface area contributed by atoms with Crippen molar-refractivity contribution in [3.8, 4) is 11.5 Å². The number of hydrazine groups is 1. The first-order valence-corrected chi connectivity index (χ1v) is 5.29. The highest BCUT2D eigenvalue weighted by atomic mass is 32.1. The number of carbonyl (C=O) groups is 1. The second-order valence-electron chi connectivity index (χ2n) is 3.40. The molecule has 0 aromatic heterocycles. The van der Waals surface area contributed by atoms with Crippen molar-refractivity contribution in [1.82, 2.24) is 10.9 Å². The lowest BCUT2D eigenvalue weighted by Crippen LogP contribution is -2.44. The van der Waals surface area contributed by atoms with E-state index in [-0.39, 0.29) is 24.2 Å². The molecule has 0 fully saturated rings. The quantitative estimate of drug-likeness (QED) is 0.501. The zero-order valence-corrected chi connectivity index (χ0v) is 9.67. The van der Waals surface area contributed by atoms with Gasteiger partial charge in [0, 0.05) is 0 Å². The van der Waals surface area contributed by atoms with E-state index < -0.39 is 0 Å². The molecule has 0 saturated carbocycles. The lowest BCUT2D eigenvalue weighted by molar-refractivity contribution is -0.121. The van der Waals surface area contributed by atoms with Gasteiger partial charge >= 0.3 is 0 Å². The summed E-state index contributed by atoms with van der Waals surface area (Å²) in [6.45, 7) is 0.216. The average Bonchev–Trinajstić information content (AvgIpc) is 2.73. The van der Waals surface area contributed by atoms with Crippen molar-refractivity contribution >= 4 is 23.2 Å². The van der Waals surface area contributed by atoms with Gasteiger partial charge in [-0.25, -0.2) is 0 Å². The topological polar surface area (TPSA) is 85.6 Å². The maximum Gasteiger partial charge on any atom is 0.242 e. The number of hydrogen-bond acceptors (Lipinski definition) is 4. The molecule has 1 aliphatic rings. The Labute approximate surface area is 103 Å². The molecule has 0 unspecified atom stereocenters. The van der Waals surface area contributed by atoms with Crippen molar-refractivity contribution < 1.29 is 14.3 Å². The van der Waals surface area contributed by atoms with E-state index in [4.69, 9.17) is 15.2 Å². The first-order chi connectivity index (χ1) is 8.15. The summed E-state index contributed by atoms with van der Waals surface area (Å²) in [5.41, 5.74) is 10.7. The van der Waals surface area contributed by atoms with Gasteiger partial charge in [-0.05, 0) is 29.9 Å². The second kappa shape index (κ2) is 4.88. The maximum atomic E-state index is 11.5. The molecular formula is C10H11N3O3S. The minimum atomic E-state index is -0.239. The average molecular weight is 253 g/mol. The molecule has 0 bridgehead atoms. The molecule has 1 aromatic carbocycles. The molecule has 90 valence electrons. The Balaban J connectivity index is 1.95. The van der Waals surface area contributed by atoms with Gasteiger partial charge in [0.05, 0.1) is 6.42 Å². The lowest BCUT2D eigenvalue weighted by Gasteiger charge is -2.06. The Kier molecular flexibility index (Phi) is 3.29. The van der Waals surface area contributed by atoms with Crippen molar-refractivity contribution in [2.75, 3.05) is 6.79 Å². The fourth-order valence-electron chi connectivity index (χ4n) is 1.41. The molecule has 1 aliphatic heterocycles. The summed E-state index contributed by atoms with van der Waals surface area (Å²) in [5.74, 6) is 1.10. The number of hydrogen-bond donors (Lipinski definition) is 3. The third kappa shape index (κ3) is 2.97. The third-order valence-corrected chi connectivity index (χ3v) is 2.23. The first-order valence-electron chi connectivity index (χ1n) is 4.88. The lowest BCUT2D eigenvalue weighted by atomic mass is 10.1. The number of benzene rings is 1. The van der Waals surface area contributed by atoms with Gasteiger partial charge in [-0.2, -0.15) is 0 Å². The van der Waals surface area contributed by atoms with Gasteiger partial charge in [0.2, 0.25) is 12.7 Å². The highest BCUT2D eigenvalue weighted by molar-refractivity contribution is 7.80. The number of ether oxygens (including phenoxy) is 2. The molecule has 4 N–H and O–H groups in total. The van der Waals surface area contributed by atoms with Crippen LogP contribution < -0.4 is 26.1 Å². The third-order valence-electron chi connectivity index (χ3n) is 2.13. The zero-order chi connectivity index (χ0) is 12.3. The second-order valence-corrected chi connectivity index (χ2v) is 3.84. The minimum absolute atomic E-state index is 0.0176. The summed E-state index contributed by atoms with van der Waals surface area (Å²) >= 11 is 4.56. The number of carbonyl (C=O) groups excluding carboxylic acids is 1. The van der Waals surface area contributed by atoms with Crippen LogP contribution in [0.5, 0.6) is 11.5 Å². The van der Waals surface area contributed by atoms with Crippen LogP contribution >= 0.6 is 12.2 Å². The standard InChI is InChI=1S/C10H11N3O3S/c11-10(17)13-12-9(14)4-6-1-2-7-8(3-6)16-5-15-7/h1-3H,4-5H2,(H,12,14)(H3,11,13,17). The zero-order valence-electron chi connectivity index (χ0n) is 8.86. The predicted octanol–water partition coefficient (Wildman–Crippen LogP) is -0.178. The van der Waals surface area contributed by atoms with E-state index in [1.54, 1.807) is 18.2 Å². The maximum absolute atomic E-state index is 11.5. The number of nitrogens with one attached hydrogen (secondary N) is 2. The summed E-state index contributed by atoms with van der Waals surface area (Å²) in [4.78, 5) is 11.5. The Bertz CT molecular complexity index is 464. The van der Waals surface area contributed by atoms with Crippen LogP contribution in [-0.4, -0.2) is 17.8 Å². The molecular weight excluding hydrogens is 242 g/mol. The molecule has 17 heavy (non-hydrogen) atoms. The van der Waals surface area contributed by atoms with E-state index in [0.29, 0.717) is 11.5 Å². The highest BCUT2D eigenvalue weighted by Gasteiger charge is 2.14. The summed E-state index contributed by atoms with van der Waals surface area (Å²) in [7, 11) is 0. The van der Waals surface area contributed by atoms with E-state index in [0.717, 1.165) is 5.56 Å². The summed E-state index contributed by atoms with van der Waals surface area (Å²) < 4.78 is 10.4. The fraction of sp³-hybridized carbons (Fsp3) is 0.200. The Hall–Kier alpha value is -2.02. The fourth-order valence-corrected chi connectivity index (χ4v) is 1.46. The largest absolute Gasteiger partial charge is 0.454 e. The van der Waals surface area contributed by atoms with Gasteiger partial charge in [-0.15, -0.1) is 0 Å². The van der Waals surface area contributed by atoms with Crippen LogP contribution in [0.25, 0.3) is 0 Å². The smallest absolute Gasteiger partial charge is 0.242 e. The summed E-state index contributed by atoms with van der Waals surface area (Å²) in [6.07, 6.45) is 0.201. The highest BCUT2D eigenvalue weighted by Crippen LogP contribution is 2.32. The van der Waals surface area contributed by atoms with Crippen LogP contribution in [0.4, 0.5) is 0 Å². The van der Waals surface area contributed by atoms with E-state index >= 15 is 0 Å². The molecule has 7 heteroatoms. The predicted molar refractivity (Wildman–Crippen MR) is 64.3 cm³/mol. The van der Waals surface area contributed by atoms with Crippen molar-refractivity contribution in [3.63, 3.8) is 0 Å². The first kappa shape index (κ1) is 11.5. The van der Waals surface area contributed by atoms with Crippen molar-refractivity contribution in [2.24, 2.45) is 5.73 Å². The van der Waals surface area contributed by atoms with E-state index in [9.17, 15) is 4.79 Å². The molecule has 2 rings (SSSR count). The van der Waals surface area contributed by atoms with Crippen molar-refractivity contribution in [2.45, 2.75) is 6.42 Å². The van der Waals surface area contributed by atoms with Gasteiger partial charge in [0.25, 0.3) is 0 Å². The monoisotopic (exact) mass is 253 g/mol. The van der Waals surface area contributed by atoms with E-state index in [1.165, 1.54) is 0 Å². The summed E-state index contributed by atoms with van der Waals surface area (Å²) in [6, 6.07) is 5.34. The van der Waals surface area contributed by atoms with Crippen LogP contribution in [-0.2, 0) is 11.2 Å². The number of nitrogens with two attached hydrogens (primary N) is 1. The molecule has 1 heterocycles. The van der Waals surface area contributed by atoms with E-state index in [1.807, 2.05) is 0 Å². The minimum Gasteiger partial charge on any atom is -0.454 e. The Morgan fingerprint density at radius 1 is 1.35 bits per heavy atom. The molecule has 0 atom stereocenters. The van der Waals surface area contributed by atoms with Crippen molar-refractivity contribution in [3.05, 3.63) is 23.8 Å². The SMILES string of the molecule is NC(=S)NNC(=O)Cc1ccc2c(c1)OCO2. The van der Waals surface area contributed by atoms with Gasteiger partial charge in [0.1, 0.15) is 0 Å². The molecule has 6 nitrogen and oxygen atoms in total. The van der Waals surface area contributed by atoms with Gasteiger partial charge in [-0.3, -0.25) is 15.6 Å². The van der Waals surface area contributed by atoms with Crippen LogP contribution in [0.2, 0.25) is 0 Å². The number of amides is 1. The molecule has 1 aromatic rings.